The summed E-state index contributed by atoms with van der Waals surface area (Å²) in [7, 11) is 0. The number of urea groups is 1. The summed E-state index contributed by atoms with van der Waals surface area (Å²) >= 11 is 3.36. The lowest BCUT2D eigenvalue weighted by Crippen LogP contribution is -2.54. The minimum absolute atomic E-state index is 0.0532. The van der Waals surface area contributed by atoms with E-state index in [4.69, 9.17) is 0 Å². The number of halogens is 1. The number of barbiturate groups is 1. The molecule has 1 saturated heterocycles. The number of nitrogens with one attached hydrogen (secondary N) is 1. The van der Waals surface area contributed by atoms with Gasteiger partial charge in [-0.3, -0.25) is 14.9 Å². The SMILES string of the molecule is CCN1c2cc(C)c(/C=C3\C(=O)NC(=O)N(c4cccc(Br)c4)C3=O)cc2[C@@H](C)CC1(C)C. The predicted molar refractivity (Wildman–Crippen MR) is 134 cm³/mol. The Morgan fingerprint density at radius 1 is 1.18 bits per heavy atom. The Kier molecular flexibility index (Phi) is 5.95. The Labute approximate surface area is 202 Å². The molecule has 7 heteroatoms. The summed E-state index contributed by atoms with van der Waals surface area (Å²) in [6.07, 6.45) is 2.62. The highest BCUT2D eigenvalue weighted by Gasteiger charge is 2.38. The maximum absolute atomic E-state index is 13.3. The van der Waals surface area contributed by atoms with Gasteiger partial charge in [0.05, 0.1) is 5.69 Å². The molecule has 6 nitrogen and oxygen atoms in total. The van der Waals surface area contributed by atoms with Crippen molar-refractivity contribution in [3.05, 3.63) is 63.1 Å². The lowest BCUT2D eigenvalue weighted by atomic mass is 9.79. The number of anilines is 2. The lowest BCUT2D eigenvalue weighted by Gasteiger charge is -2.47. The molecule has 4 amide bonds. The quantitative estimate of drug-likeness (QED) is 0.435. The molecule has 2 aromatic carbocycles. The van der Waals surface area contributed by atoms with Gasteiger partial charge < -0.3 is 4.90 Å². The van der Waals surface area contributed by atoms with Gasteiger partial charge in [0.1, 0.15) is 5.57 Å². The van der Waals surface area contributed by atoms with Crippen LogP contribution in [0.15, 0.2) is 46.4 Å². The Hall–Kier alpha value is -2.93. The molecule has 1 atom stereocenters. The molecule has 2 aromatic rings. The monoisotopic (exact) mass is 509 g/mol. The van der Waals surface area contributed by atoms with Gasteiger partial charge in [-0.05, 0) is 93.1 Å². The first kappa shape index (κ1) is 23.2. The number of amides is 4. The third-order valence-electron chi connectivity index (χ3n) is 6.56. The summed E-state index contributed by atoms with van der Waals surface area (Å²) in [6, 6.07) is 10.3. The second-order valence-corrected chi connectivity index (χ2v) is 10.3. The zero-order valence-corrected chi connectivity index (χ0v) is 21.1. The molecule has 0 unspecified atom stereocenters. The summed E-state index contributed by atoms with van der Waals surface area (Å²) in [5.41, 5.74) is 4.56. The van der Waals surface area contributed by atoms with E-state index in [-0.39, 0.29) is 11.1 Å². The van der Waals surface area contributed by atoms with E-state index < -0.39 is 17.8 Å². The smallest absolute Gasteiger partial charge is 0.335 e. The average Bonchev–Trinajstić information content (AvgIpc) is 2.71. The molecule has 2 aliphatic heterocycles. The number of hydrogen-bond donors (Lipinski definition) is 1. The van der Waals surface area contributed by atoms with Crippen LogP contribution in [0.4, 0.5) is 16.2 Å². The van der Waals surface area contributed by atoms with E-state index >= 15 is 0 Å². The molecule has 1 N–H and O–H groups in total. The van der Waals surface area contributed by atoms with Gasteiger partial charge in [0.15, 0.2) is 0 Å². The van der Waals surface area contributed by atoms with Crippen molar-refractivity contribution in [2.24, 2.45) is 0 Å². The maximum Gasteiger partial charge on any atom is 0.335 e. The second-order valence-electron chi connectivity index (χ2n) is 9.37. The number of hydrogen-bond acceptors (Lipinski definition) is 4. The van der Waals surface area contributed by atoms with Crippen molar-refractivity contribution in [3.8, 4) is 0 Å². The molecule has 1 fully saturated rings. The molecule has 0 spiro atoms. The molecule has 4 rings (SSSR count). The van der Waals surface area contributed by atoms with Crippen LogP contribution in [0, 0.1) is 6.92 Å². The fourth-order valence-corrected chi connectivity index (χ4v) is 5.45. The molecule has 2 heterocycles. The number of rotatable bonds is 3. The summed E-state index contributed by atoms with van der Waals surface area (Å²) in [4.78, 5) is 41.8. The van der Waals surface area contributed by atoms with Crippen molar-refractivity contribution in [2.75, 3.05) is 16.3 Å². The second kappa shape index (κ2) is 8.45. The molecular weight excluding hydrogens is 482 g/mol. The molecule has 0 radical (unpaired) electrons. The minimum atomic E-state index is -0.753. The van der Waals surface area contributed by atoms with E-state index in [0.29, 0.717) is 11.6 Å². The first-order valence-corrected chi connectivity index (χ1v) is 11.9. The molecule has 0 saturated carbocycles. The topological polar surface area (TPSA) is 69.7 Å². The van der Waals surface area contributed by atoms with Crippen LogP contribution in [0.1, 0.15) is 56.7 Å². The molecule has 0 aromatic heterocycles. The fraction of sp³-hybridized carbons (Fsp3) is 0.346. The van der Waals surface area contributed by atoms with Crippen LogP contribution < -0.4 is 15.1 Å². The van der Waals surface area contributed by atoms with Crippen molar-refractivity contribution in [2.45, 2.75) is 52.5 Å². The highest BCUT2D eigenvalue weighted by molar-refractivity contribution is 9.10. The summed E-state index contributed by atoms with van der Waals surface area (Å²) < 4.78 is 0.728. The van der Waals surface area contributed by atoms with E-state index in [1.165, 1.54) is 11.3 Å². The number of fused-ring (bicyclic) bond motifs is 1. The third kappa shape index (κ3) is 4.10. The van der Waals surface area contributed by atoms with Crippen LogP contribution >= 0.6 is 15.9 Å². The molecule has 33 heavy (non-hydrogen) atoms. The molecule has 172 valence electrons. The standard InChI is InChI=1S/C26H28BrN3O3/c1-6-29-22-10-15(2)17(11-20(22)16(3)14-26(29,4)5)12-21-23(31)28-25(33)30(24(21)32)19-9-7-8-18(27)13-19/h7-13,16H,6,14H2,1-5H3,(H,28,31,33)/b21-12+/t16-/m0/s1. The summed E-state index contributed by atoms with van der Waals surface area (Å²) in [5, 5.41) is 2.30. The van der Waals surface area contributed by atoms with Crippen molar-refractivity contribution in [3.63, 3.8) is 0 Å². The number of benzene rings is 2. The van der Waals surface area contributed by atoms with Gasteiger partial charge in [0.2, 0.25) is 0 Å². The van der Waals surface area contributed by atoms with Gasteiger partial charge in [-0.1, -0.05) is 28.9 Å². The minimum Gasteiger partial charge on any atom is -0.366 e. The number of aryl methyl sites for hydroxylation is 1. The maximum atomic E-state index is 13.3. The van der Waals surface area contributed by atoms with Crippen molar-refractivity contribution >= 4 is 51.2 Å². The van der Waals surface area contributed by atoms with Crippen LogP contribution in [0.5, 0.6) is 0 Å². The van der Waals surface area contributed by atoms with Gasteiger partial charge in [-0.2, -0.15) is 0 Å². The molecule has 0 aliphatic carbocycles. The number of nitrogens with zero attached hydrogens (tertiary/aromatic N) is 2. The van der Waals surface area contributed by atoms with Gasteiger partial charge in [0.25, 0.3) is 11.8 Å². The lowest BCUT2D eigenvalue weighted by molar-refractivity contribution is -0.122. The van der Waals surface area contributed by atoms with Gasteiger partial charge in [0, 0.05) is 22.2 Å². The number of imide groups is 2. The van der Waals surface area contributed by atoms with E-state index in [2.05, 4.69) is 66.0 Å². The Balaban J connectivity index is 1.78. The van der Waals surface area contributed by atoms with Gasteiger partial charge in [-0.25, -0.2) is 9.69 Å². The fourth-order valence-electron chi connectivity index (χ4n) is 5.07. The van der Waals surface area contributed by atoms with Gasteiger partial charge in [-0.15, -0.1) is 0 Å². The van der Waals surface area contributed by atoms with Crippen LogP contribution in [-0.2, 0) is 9.59 Å². The van der Waals surface area contributed by atoms with E-state index in [1.807, 2.05) is 6.92 Å². The van der Waals surface area contributed by atoms with Crippen molar-refractivity contribution in [1.82, 2.24) is 5.32 Å². The first-order valence-electron chi connectivity index (χ1n) is 11.1. The summed E-state index contributed by atoms with van der Waals surface area (Å²) in [5.74, 6) is -0.979. The normalized spacial score (nSPS) is 21.3. The first-order chi connectivity index (χ1) is 15.5. The molecular formula is C26H28BrN3O3. The van der Waals surface area contributed by atoms with Crippen molar-refractivity contribution in [1.29, 1.82) is 0 Å². The Morgan fingerprint density at radius 2 is 1.91 bits per heavy atom. The van der Waals surface area contributed by atoms with Crippen LogP contribution in [0.25, 0.3) is 6.08 Å². The highest BCUT2D eigenvalue weighted by atomic mass is 79.9. The highest BCUT2D eigenvalue weighted by Crippen LogP contribution is 2.44. The van der Waals surface area contributed by atoms with Crippen LogP contribution in [-0.4, -0.2) is 29.9 Å². The van der Waals surface area contributed by atoms with E-state index in [1.54, 1.807) is 30.3 Å². The third-order valence-corrected chi connectivity index (χ3v) is 7.05. The number of carbonyl (C=O) groups is 3. The zero-order chi connectivity index (χ0) is 24.1. The van der Waals surface area contributed by atoms with Gasteiger partial charge >= 0.3 is 6.03 Å². The number of carbonyl (C=O) groups excluding carboxylic acids is 3. The summed E-state index contributed by atoms with van der Waals surface area (Å²) in [6.45, 7) is 11.8. The van der Waals surface area contributed by atoms with Crippen LogP contribution in [0.2, 0.25) is 0 Å². The van der Waals surface area contributed by atoms with Crippen LogP contribution in [0.3, 0.4) is 0 Å². The Bertz CT molecular complexity index is 1200. The molecule has 0 bridgehead atoms. The average molecular weight is 510 g/mol. The Morgan fingerprint density at radius 3 is 2.58 bits per heavy atom. The van der Waals surface area contributed by atoms with Crippen molar-refractivity contribution < 1.29 is 14.4 Å². The van der Waals surface area contributed by atoms with E-state index in [9.17, 15) is 14.4 Å². The van der Waals surface area contributed by atoms with E-state index in [0.717, 1.165) is 33.5 Å². The zero-order valence-electron chi connectivity index (χ0n) is 19.5. The molecule has 2 aliphatic rings. The largest absolute Gasteiger partial charge is 0.366 e. The predicted octanol–water partition coefficient (Wildman–Crippen LogP) is 5.54.